The Hall–Kier alpha value is -1.88. The Morgan fingerprint density at radius 3 is 3.04 bits per heavy atom. The second-order valence-electron chi connectivity index (χ2n) is 7.86. The molecule has 2 aliphatic heterocycles. The van der Waals surface area contributed by atoms with E-state index >= 15 is 0 Å². The van der Waals surface area contributed by atoms with Gasteiger partial charge in [0.2, 0.25) is 5.91 Å². The van der Waals surface area contributed by atoms with E-state index in [0.29, 0.717) is 19.4 Å². The number of Topliss-reactive ketones (excluding diaryl/α,β-unsaturated/α-hetero) is 1. The highest BCUT2D eigenvalue weighted by atomic mass is 16.5. The predicted molar refractivity (Wildman–Crippen MR) is 90.3 cm³/mol. The third-order valence-electron chi connectivity index (χ3n) is 7.00. The molecule has 1 N–H and O–H groups in total. The molecule has 5 rings (SSSR count). The van der Waals surface area contributed by atoms with Gasteiger partial charge in [-0.05, 0) is 30.7 Å². The molecule has 2 bridgehead atoms. The SMILES string of the molecule is CCC(=O)N1CC[C@]23c4c5ccc(CO)c4O[C@H]2C(=O)CCC3[C@H]1C5. The van der Waals surface area contributed by atoms with Crippen molar-refractivity contribution in [1.82, 2.24) is 4.90 Å². The average molecular weight is 341 g/mol. The van der Waals surface area contributed by atoms with Gasteiger partial charge in [-0.3, -0.25) is 9.59 Å². The number of ether oxygens (including phenoxy) is 1. The molecule has 0 aromatic heterocycles. The molecule has 1 spiro atoms. The lowest BCUT2D eigenvalue weighted by molar-refractivity contribution is -0.147. The maximum atomic E-state index is 12.7. The fourth-order valence-corrected chi connectivity index (χ4v) is 6.04. The van der Waals surface area contributed by atoms with Crippen LogP contribution in [0.25, 0.3) is 0 Å². The van der Waals surface area contributed by atoms with E-state index in [4.69, 9.17) is 4.74 Å². The Morgan fingerprint density at radius 1 is 1.44 bits per heavy atom. The number of aliphatic hydroxyl groups is 1. The fraction of sp³-hybridized carbons (Fsp3) is 0.600. The molecular formula is C20H23NO4. The highest BCUT2D eigenvalue weighted by Crippen LogP contribution is 2.62. The Kier molecular flexibility index (Phi) is 3.12. The van der Waals surface area contributed by atoms with Gasteiger partial charge in [0.15, 0.2) is 11.9 Å². The van der Waals surface area contributed by atoms with Crippen LogP contribution in [0, 0.1) is 5.92 Å². The van der Waals surface area contributed by atoms with Crippen LogP contribution in [0.4, 0.5) is 0 Å². The summed E-state index contributed by atoms with van der Waals surface area (Å²) in [6, 6.07) is 4.15. The Bertz CT molecular complexity index is 788. The van der Waals surface area contributed by atoms with Crippen molar-refractivity contribution in [1.29, 1.82) is 0 Å². The highest BCUT2D eigenvalue weighted by Gasteiger charge is 2.66. The van der Waals surface area contributed by atoms with E-state index in [1.54, 1.807) is 0 Å². The molecule has 0 radical (unpaired) electrons. The maximum Gasteiger partial charge on any atom is 0.222 e. The summed E-state index contributed by atoms with van der Waals surface area (Å²) < 4.78 is 6.22. The molecule has 2 heterocycles. The van der Waals surface area contributed by atoms with Crippen molar-refractivity contribution in [3.05, 3.63) is 28.8 Å². The van der Waals surface area contributed by atoms with Crippen molar-refractivity contribution >= 4 is 11.7 Å². The molecule has 5 heteroatoms. The number of hydrogen-bond donors (Lipinski definition) is 1. The summed E-state index contributed by atoms with van der Waals surface area (Å²) in [6.07, 6.45) is 3.06. The number of nitrogens with zero attached hydrogens (tertiary/aromatic N) is 1. The lowest BCUT2D eigenvalue weighted by atomic mass is 9.51. The van der Waals surface area contributed by atoms with Crippen molar-refractivity contribution in [2.75, 3.05) is 6.54 Å². The minimum Gasteiger partial charge on any atom is -0.481 e. The Labute approximate surface area is 147 Å². The molecule has 4 atom stereocenters. The molecule has 1 saturated heterocycles. The van der Waals surface area contributed by atoms with Gasteiger partial charge in [-0.25, -0.2) is 0 Å². The summed E-state index contributed by atoms with van der Waals surface area (Å²) in [7, 11) is 0. The number of piperidine rings is 1. The summed E-state index contributed by atoms with van der Waals surface area (Å²) >= 11 is 0. The van der Waals surface area contributed by atoms with E-state index < -0.39 is 6.10 Å². The first-order valence-electron chi connectivity index (χ1n) is 9.36. The first-order valence-corrected chi connectivity index (χ1v) is 9.36. The van der Waals surface area contributed by atoms with E-state index in [0.717, 1.165) is 30.6 Å². The number of carbonyl (C=O) groups is 2. The van der Waals surface area contributed by atoms with Gasteiger partial charge in [-0.2, -0.15) is 0 Å². The number of aliphatic hydroxyl groups excluding tert-OH is 1. The predicted octanol–water partition coefficient (Wildman–Crippen LogP) is 1.72. The normalized spacial score (nSPS) is 34.6. The number of ketones is 1. The zero-order valence-corrected chi connectivity index (χ0v) is 14.5. The largest absolute Gasteiger partial charge is 0.481 e. The molecule has 1 aromatic carbocycles. The summed E-state index contributed by atoms with van der Waals surface area (Å²) in [5.74, 6) is 1.42. The van der Waals surface area contributed by atoms with Crippen molar-refractivity contribution in [2.24, 2.45) is 5.92 Å². The molecular weight excluding hydrogens is 318 g/mol. The molecule has 1 saturated carbocycles. The summed E-state index contributed by atoms with van der Waals surface area (Å²) in [4.78, 5) is 27.3. The molecule has 25 heavy (non-hydrogen) atoms. The van der Waals surface area contributed by atoms with Crippen LogP contribution in [-0.2, 0) is 28.0 Å². The van der Waals surface area contributed by atoms with Gasteiger partial charge in [-0.1, -0.05) is 19.1 Å². The molecule has 1 unspecified atom stereocenters. The fourth-order valence-electron chi connectivity index (χ4n) is 6.04. The number of hydrogen-bond acceptors (Lipinski definition) is 4. The second-order valence-corrected chi connectivity index (χ2v) is 7.86. The molecule has 5 nitrogen and oxygen atoms in total. The van der Waals surface area contributed by atoms with Gasteiger partial charge in [0.05, 0.1) is 6.61 Å². The van der Waals surface area contributed by atoms with Crippen molar-refractivity contribution in [2.45, 2.75) is 63.2 Å². The first-order chi connectivity index (χ1) is 12.1. The molecule has 2 fully saturated rings. The van der Waals surface area contributed by atoms with Crippen LogP contribution in [0.5, 0.6) is 5.75 Å². The van der Waals surface area contributed by atoms with Crippen LogP contribution in [0.15, 0.2) is 12.1 Å². The highest BCUT2D eigenvalue weighted by molar-refractivity contribution is 5.89. The van der Waals surface area contributed by atoms with Crippen molar-refractivity contribution < 1.29 is 19.4 Å². The van der Waals surface area contributed by atoms with Gasteiger partial charge in [0.25, 0.3) is 0 Å². The zero-order chi connectivity index (χ0) is 17.3. The average Bonchev–Trinajstić information content (AvgIpc) is 2.97. The van der Waals surface area contributed by atoms with Gasteiger partial charge >= 0.3 is 0 Å². The molecule has 1 aromatic rings. The van der Waals surface area contributed by atoms with Gasteiger partial charge < -0.3 is 14.7 Å². The van der Waals surface area contributed by atoms with Crippen LogP contribution in [-0.4, -0.2) is 40.4 Å². The number of likely N-dealkylation sites (tertiary alicyclic amines) is 1. The topological polar surface area (TPSA) is 66.8 Å². The molecule has 4 aliphatic rings. The van der Waals surface area contributed by atoms with Gasteiger partial charge in [0.1, 0.15) is 5.75 Å². The van der Waals surface area contributed by atoms with E-state index in [-0.39, 0.29) is 35.7 Å². The minimum absolute atomic E-state index is 0.0753. The van der Waals surface area contributed by atoms with E-state index in [9.17, 15) is 14.7 Å². The second kappa shape index (κ2) is 5.07. The third kappa shape index (κ3) is 1.72. The van der Waals surface area contributed by atoms with Crippen LogP contribution < -0.4 is 4.74 Å². The molecule has 132 valence electrons. The maximum absolute atomic E-state index is 12.7. The lowest BCUT2D eigenvalue weighted by Gasteiger charge is -2.57. The van der Waals surface area contributed by atoms with E-state index in [1.165, 1.54) is 11.1 Å². The molecule has 1 amide bonds. The van der Waals surface area contributed by atoms with Crippen molar-refractivity contribution in [3.8, 4) is 5.75 Å². The standard InChI is InChI=1S/C20H23NO4/c1-2-16(24)21-8-7-20-13-5-6-15(23)19(20)25-18-12(10-22)4-3-11(17(18)20)9-14(13)21/h3-4,13-14,19,22H,2,5-10H2,1H3/t13?,14-,19+,20+/m1/s1. The number of amides is 1. The van der Waals surface area contributed by atoms with Crippen molar-refractivity contribution in [3.63, 3.8) is 0 Å². The molecule has 2 aliphatic carbocycles. The Morgan fingerprint density at radius 2 is 2.28 bits per heavy atom. The number of rotatable bonds is 2. The van der Waals surface area contributed by atoms with Crippen LogP contribution in [0.2, 0.25) is 0 Å². The number of benzene rings is 1. The smallest absolute Gasteiger partial charge is 0.222 e. The summed E-state index contributed by atoms with van der Waals surface area (Å²) in [5, 5.41) is 9.73. The van der Waals surface area contributed by atoms with Gasteiger partial charge in [0, 0.05) is 42.0 Å². The Balaban J connectivity index is 1.73. The van der Waals surface area contributed by atoms with E-state index in [1.807, 2.05) is 13.0 Å². The summed E-state index contributed by atoms with van der Waals surface area (Å²) in [6.45, 7) is 2.54. The van der Waals surface area contributed by atoms with Crippen LogP contribution in [0.3, 0.4) is 0 Å². The minimum atomic E-state index is -0.436. The third-order valence-corrected chi connectivity index (χ3v) is 7.00. The van der Waals surface area contributed by atoms with Crippen LogP contribution >= 0.6 is 0 Å². The van der Waals surface area contributed by atoms with Crippen LogP contribution in [0.1, 0.15) is 49.3 Å². The summed E-state index contributed by atoms with van der Waals surface area (Å²) in [5.41, 5.74) is 2.85. The lowest BCUT2D eigenvalue weighted by Crippen LogP contribution is -2.66. The first kappa shape index (κ1) is 15.4. The quantitative estimate of drug-likeness (QED) is 0.889. The van der Waals surface area contributed by atoms with E-state index in [2.05, 4.69) is 11.0 Å². The van der Waals surface area contributed by atoms with Gasteiger partial charge in [-0.15, -0.1) is 0 Å². The zero-order valence-electron chi connectivity index (χ0n) is 14.5. The number of carbonyl (C=O) groups excluding carboxylic acids is 2. The monoisotopic (exact) mass is 341 g/mol.